The Hall–Kier alpha value is -2.82. The molecule has 0 saturated carbocycles. The van der Waals surface area contributed by atoms with Crippen molar-refractivity contribution in [1.29, 1.82) is 0 Å². The molecule has 1 aromatic carbocycles. The summed E-state index contributed by atoms with van der Waals surface area (Å²) in [6.07, 6.45) is 5.51. The van der Waals surface area contributed by atoms with Crippen LogP contribution in [-0.2, 0) is 0 Å². The lowest BCUT2D eigenvalue weighted by atomic mass is 10.1. The van der Waals surface area contributed by atoms with Gasteiger partial charge >= 0.3 is 0 Å². The summed E-state index contributed by atoms with van der Waals surface area (Å²) >= 11 is 0. The molecule has 0 radical (unpaired) electrons. The van der Waals surface area contributed by atoms with Gasteiger partial charge in [0.05, 0.1) is 17.8 Å². The van der Waals surface area contributed by atoms with Gasteiger partial charge in [0.2, 0.25) is 0 Å². The number of ether oxygens (including phenoxy) is 1. The van der Waals surface area contributed by atoms with Crippen LogP contribution in [0, 0.1) is 6.92 Å². The quantitative estimate of drug-likeness (QED) is 0.730. The van der Waals surface area contributed by atoms with E-state index >= 15 is 0 Å². The van der Waals surface area contributed by atoms with Gasteiger partial charge in [0.1, 0.15) is 18.2 Å². The second-order valence-corrected chi connectivity index (χ2v) is 5.69. The topological polar surface area (TPSA) is 43.2 Å². The maximum absolute atomic E-state index is 6.01. The number of rotatable bonds is 2. The molecule has 0 unspecified atom stereocenters. The van der Waals surface area contributed by atoms with Crippen molar-refractivity contribution < 1.29 is 4.74 Å². The highest BCUT2D eigenvalue weighted by molar-refractivity contribution is 5.79. The van der Waals surface area contributed by atoms with Crippen LogP contribution in [0.2, 0.25) is 0 Å². The second-order valence-electron chi connectivity index (χ2n) is 5.69. The first-order chi connectivity index (χ1) is 11.3. The first kappa shape index (κ1) is 13.8. The van der Waals surface area contributed by atoms with E-state index in [-0.39, 0.29) is 0 Å². The molecule has 5 nitrogen and oxygen atoms in total. The number of aromatic nitrogens is 3. The van der Waals surface area contributed by atoms with Gasteiger partial charge in [-0.05, 0) is 30.7 Å². The van der Waals surface area contributed by atoms with Crippen LogP contribution in [0.4, 0.5) is 5.69 Å². The molecule has 0 fully saturated rings. The van der Waals surface area contributed by atoms with Crippen molar-refractivity contribution in [3.05, 3.63) is 54.5 Å². The van der Waals surface area contributed by atoms with Gasteiger partial charge in [-0.2, -0.15) is 0 Å². The number of pyridine rings is 1. The van der Waals surface area contributed by atoms with Gasteiger partial charge in [-0.1, -0.05) is 12.1 Å². The summed E-state index contributed by atoms with van der Waals surface area (Å²) in [6.45, 7) is 3.69. The Labute approximate surface area is 135 Å². The molecule has 3 heterocycles. The maximum Gasteiger partial charge on any atom is 0.153 e. The average Bonchev–Trinajstić information content (AvgIpc) is 3.05. The molecule has 4 rings (SSSR count). The molecule has 2 aromatic heterocycles. The maximum atomic E-state index is 6.01. The predicted molar refractivity (Wildman–Crippen MR) is 90.3 cm³/mol. The average molecular weight is 306 g/mol. The highest BCUT2D eigenvalue weighted by Crippen LogP contribution is 2.42. The fourth-order valence-electron chi connectivity index (χ4n) is 3.05. The molecule has 0 spiro atoms. The van der Waals surface area contributed by atoms with E-state index in [0.717, 1.165) is 35.2 Å². The van der Waals surface area contributed by atoms with E-state index in [1.54, 1.807) is 12.4 Å². The van der Waals surface area contributed by atoms with Gasteiger partial charge in [-0.25, -0.2) is 9.97 Å². The summed E-state index contributed by atoms with van der Waals surface area (Å²) < 4.78 is 7.99. The van der Waals surface area contributed by atoms with E-state index in [4.69, 9.17) is 4.74 Å². The standard InChI is InChI=1S/C18H18N4O/c1-13-6-7-14(17-16(13)21(2)11-12-23-17)18-20-9-10-22(18)15-5-3-4-8-19-15/h3-10H,11-12H2,1-2H3. The Morgan fingerprint density at radius 3 is 2.83 bits per heavy atom. The summed E-state index contributed by atoms with van der Waals surface area (Å²) in [5, 5.41) is 0. The van der Waals surface area contributed by atoms with Gasteiger partial charge < -0.3 is 9.64 Å². The zero-order chi connectivity index (χ0) is 15.8. The molecule has 116 valence electrons. The number of aryl methyl sites for hydroxylation is 1. The fraction of sp³-hybridized carbons (Fsp3) is 0.222. The minimum absolute atomic E-state index is 0.685. The third-order valence-corrected chi connectivity index (χ3v) is 4.17. The Kier molecular flexibility index (Phi) is 3.26. The van der Waals surface area contributed by atoms with Crippen molar-refractivity contribution in [2.24, 2.45) is 0 Å². The molecule has 0 amide bonds. The molecule has 5 heteroatoms. The number of imidazole rings is 1. The lowest BCUT2D eigenvalue weighted by Crippen LogP contribution is -2.29. The number of likely N-dealkylation sites (N-methyl/N-ethyl adjacent to an activating group) is 1. The summed E-state index contributed by atoms with van der Waals surface area (Å²) in [4.78, 5) is 11.2. The first-order valence-corrected chi connectivity index (χ1v) is 7.68. The van der Waals surface area contributed by atoms with Crippen LogP contribution in [0.3, 0.4) is 0 Å². The first-order valence-electron chi connectivity index (χ1n) is 7.68. The number of fused-ring (bicyclic) bond motifs is 1. The zero-order valence-electron chi connectivity index (χ0n) is 13.2. The van der Waals surface area contributed by atoms with Crippen molar-refractivity contribution in [1.82, 2.24) is 14.5 Å². The second kappa shape index (κ2) is 5.43. The number of anilines is 1. The van der Waals surface area contributed by atoms with Crippen LogP contribution in [0.1, 0.15) is 5.56 Å². The van der Waals surface area contributed by atoms with Gasteiger partial charge in [0.25, 0.3) is 0 Å². The normalized spacial score (nSPS) is 13.6. The SMILES string of the molecule is Cc1ccc(-c2nccn2-c2ccccn2)c2c1N(C)CCO2. The largest absolute Gasteiger partial charge is 0.489 e. The van der Waals surface area contributed by atoms with E-state index in [1.807, 2.05) is 29.0 Å². The van der Waals surface area contributed by atoms with Crippen LogP contribution in [0.5, 0.6) is 5.75 Å². The van der Waals surface area contributed by atoms with Crippen LogP contribution in [0.25, 0.3) is 17.2 Å². The summed E-state index contributed by atoms with van der Waals surface area (Å²) in [5.74, 6) is 2.59. The molecule has 0 saturated heterocycles. The van der Waals surface area contributed by atoms with Gasteiger partial charge in [0, 0.05) is 25.6 Å². The lowest BCUT2D eigenvalue weighted by Gasteiger charge is -2.30. The van der Waals surface area contributed by atoms with Crippen molar-refractivity contribution in [3.63, 3.8) is 0 Å². The third-order valence-electron chi connectivity index (χ3n) is 4.17. The molecule has 23 heavy (non-hydrogen) atoms. The van der Waals surface area contributed by atoms with Crippen LogP contribution < -0.4 is 9.64 Å². The van der Waals surface area contributed by atoms with Gasteiger partial charge in [-0.15, -0.1) is 0 Å². The molecule has 1 aliphatic rings. The molecule has 0 aliphatic carbocycles. The summed E-state index contributed by atoms with van der Waals surface area (Å²) in [6, 6.07) is 10.1. The molecule has 1 aliphatic heterocycles. The van der Waals surface area contributed by atoms with Gasteiger partial charge in [0.15, 0.2) is 5.75 Å². The highest BCUT2D eigenvalue weighted by Gasteiger charge is 2.23. The fourth-order valence-corrected chi connectivity index (χ4v) is 3.05. The molecular weight excluding hydrogens is 288 g/mol. The Bertz CT molecular complexity index is 841. The molecule has 0 bridgehead atoms. The molecule has 3 aromatic rings. The highest BCUT2D eigenvalue weighted by atomic mass is 16.5. The minimum Gasteiger partial charge on any atom is -0.489 e. The number of hydrogen-bond donors (Lipinski definition) is 0. The summed E-state index contributed by atoms with van der Waals surface area (Å²) in [7, 11) is 2.10. The van der Waals surface area contributed by atoms with E-state index in [1.165, 1.54) is 5.56 Å². The van der Waals surface area contributed by atoms with Crippen molar-refractivity contribution >= 4 is 5.69 Å². The number of nitrogens with zero attached hydrogens (tertiary/aromatic N) is 4. The minimum atomic E-state index is 0.685. The van der Waals surface area contributed by atoms with E-state index in [0.29, 0.717) is 6.61 Å². The monoisotopic (exact) mass is 306 g/mol. The van der Waals surface area contributed by atoms with Crippen molar-refractivity contribution in [2.75, 3.05) is 25.1 Å². The van der Waals surface area contributed by atoms with Gasteiger partial charge in [-0.3, -0.25) is 4.57 Å². The van der Waals surface area contributed by atoms with Crippen molar-refractivity contribution in [3.8, 4) is 23.0 Å². The van der Waals surface area contributed by atoms with Crippen LogP contribution in [-0.4, -0.2) is 34.7 Å². The Morgan fingerprint density at radius 1 is 1.09 bits per heavy atom. The smallest absolute Gasteiger partial charge is 0.153 e. The number of benzene rings is 1. The number of hydrogen-bond acceptors (Lipinski definition) is 4. The van der Waals surface area contributed by atoms with E-state index < -0.39 is 0 Å². The molecule has 0 N–H and O–H groups in total. The van der Waals surface area contributed by atoms with Crippen molar-refractivity contribution in [2.45, 2.75) is 6.92 Å². The van der Waals surface area contributed by atoms with Crippen LogP contribution in [0.15, 0.2) is 48.9 Å². The molecule has 0 atom stereocenters. The Balaban J connectivity index is 1.91. The Morgan fingerprint density at radius 2 is 2.00 bits per heavy atom. The third kappa shape index (κ3) is 2.25. The summed E-state index contributed by atoms with van der Waals surface area (Å²) in [5.41, 5.74) is 3.35. The molecular formula is C18H18N4O. The predicted octanol–water partition coefficient (Wildman–Crippen LogP) is 3.07. The van der Waals surface area contributed by atoms with E-state index in [9.17, 15) is 0 Å². The van der Waals surface area contributed by atoms with Crippen LogP contribution >= 0.6 is 0 Å². The zero-order valence-corrected chi connectivity index (χ0v) is 13.2. The van der Waals surface area contributed by atoms with E-state index in [2.05, 4.69) is 41.0 Å². The lowest BCUT2D eigenvalue weighted by molar-refractivity contribution is 0.312.